The Bertz CT molecular complexity index is 1110. The number of phenols is 4. The average molecular weight is 358 g/mol. The van der Waals surface area contributed by atoms with Gasteiger partial charge in [-0.05, 0) is 59.2 Å². The quantitative estimate of drug-likeness (QED) is 0.392. The number of aromatic hydroxyl groups is 4. The second-order valence-corrected chi connectivity index (χ2v) is 6.55. The third-order valence-corrected chi connectivity index (χ3v) is 4.70. The van der Waals surface area contributed by atoms with Crippen LogP contribution in [0.15, 0.2) is 72.8 Å². The molecule has 0 fully saturated rings. The molecule has 0 radical (unpaired) electrons. The topological polar surface area (TPSA) is 80.9 Å². The second kappa shape index (κ2) is 6.57. The van der Waals surface area contributed by atoms with Gasteiger partial charge >= 0.3 is 0 Å². The lowest BCUT2D eigenvalue weighted by Gasteiger charge is -2.12. The maximum absolute atomic E-state index is 10.8. The Balaban J connectivity index is 1.80. The molecule has 0 aliphatic carbocycles. The van der Waals surface area contributed by atoms with E-state index >= 15 is 0 Å². The third kappa shape index (κ3) is 3.25. The molecule has 4 aromatic rings. The second-order valence-electron chi connectivity index (χ2n) is 6.55. The van der Waals surface area contributed by atoms with Crippen LogP contribution in [-0.4, -0.2) is 20.4 Å². The van der Waals surface area contributed by atoms with E-state index in [0.29, 0.717) is 22.8 Å². The van der Waals surface area contributed by atoms with Gasteiger partial charge in [0, 0.05) is 22.8 Å². The first-order valence-corrected chi connectivity index (χ1v) is 8.56. The van der Waals surface area contributed by atoms with E-state index in [-0.39, 0.29) is 23.0 Å². The van der Waals surface area contributed by atoms with Crippen molar-refractivity contribution in [1.82, 2.24) is 0 Å². The van der Waals surface area contributed by atoms with Crippen LogP contribution in [0.5, 0.6) is 23.0 Å². The van der Waals surface area contributed by atoms with Gasteiger partial charge in [0.15, 0.2) is 0 Å². The van der Waals surface area contributed by atoms with Crippen molar-refractivity contribution in [3.63, 3.8) is 0 Å². The first-order valence-electron chi connectivity index (χ1n) is 8.56. The van der Waals surface area contributed by atoms with Crippen LogP contribution in [0.4, 0.5) is 0 Å². The summed E-state index contributed by atoms with van der Waals surface area (Å²) in [5, 5.41) is 41.2. The van der Waals surface area contributed by atoms with E-state index in [2.05, 4.69) is 0 Å². The largest absolute Gasteiger partial charge is 0.508 e. The lowest BCUT2D eigenvalue weighted by Crippen LogP contribution is -1.91. The fourth-order valence-corrected chi connectivity index (χ4v) is 3.25. The van der Waals surface area contributed by atoms with Gasteiger partial charge in [-0.25, -0.2) is 0 Å². The van der Waals surface area contributed by atoms with E-state index in [4.69, 9.17) is 0 Å². The summed E-state index contributed by atoms with van der Waals surface area (Å²) in [6, 6.07) is 20.6. The highest BCUT2D eigenvalue weighted by Gasteiger charge is 2.13. The number of benzene rings is 4. The first-order chi connectivity index (χ1) is 13.0. The van der Waals surface area contributed by atoms with Gasteiger partial charge in [0.2, 0.25) is 0 Å². The van der Waals surface area contributed by atoms with Crippen LogP contribution >= 0.6 is 0 Å². The minimum absolute atomic E-state index is 0.105. The molecule has 0 unspecified atom stereocenters. The molecule has 0 heterocycles. The SMILES string of the molecule is Oc1ccc(Cc2cc(O)c3ccc(-c4ccc(O)cc4)cc3c2O)cc1. The van der Waals surface area contributed by atoms with Crippen LogP contribution in [-0.2, 0) is 6.42 Å². The van der Waals surface area contributed by atoms with Gasteiger partial charge < -0.3 is 20.4 Å². The summed E-state index contributed by atoms with van der Waals surface area (Å²) >= 11 is 0. The Morgan fingerprint density at radius 1 is 0.556 bits per heavy atom. The summed E-state index contributed by atoms with van der Waals surface area (Å²) in [6.07, 6.45) is 0.430. The molecule has 0 saturated heterocycles. The molecule has 0 aliphatic rings. The van der Waals surface area contributed by atoms with Crippen LogP contribution in [0.3, 0.4) is 0 Å². The number of hydrogen-bond donors (Lipinski definition) is 4. The summed E-state index contributed by atoms with van der Waals surface area (Å²) in [7, 11) is 0. The smallest absolute Gasteiger partial charge is 0.127 e. The van der Waals surface area contributed by atoms with E-state index < -0.39 is 0 Å². The van der Waals surface area contributed by atoms with Gasteiger partial charge in [0.25, 0.3) is 0 Å². The van der Waals surface area contributed by atoms with E-state index in [1.807, 2.05) is 12.1 Å². The summed E-state index contributed by atoms with van der Waals surface area (Å²) in [6.45, 7) is 0. The lowest BCUT2D eigenvalue weighted by atomic mass is 9.96. The molecule has 27 heavy (non-hydrogen) atoms. The van der Waals surface area contributed by atoms with Crippen molar-refractivity contribution in [1.29, 1.82) is 0 Å². The van der Waals surface area contributed by atoms with Crippen LogP contribution in [0, 0.1) is 0 Å². The van der Waals surface area contributed by atoms with Gasteiger partial charge in [-0.3, -0.25) is 0 Å². The average Bonchev–Trinajstić information content (AvgIpc) is 2.68. The highest BCUT2D eigenvalue weighted by Crippen LogP contribution is 2.39. The van der Waals surface area contributed by atoms with Crippen molar-refractivity contribution < 1.29 is 20.4 Å². The molecule has 4 heteroatoms. The summed E-state index contributed by atoms with van der Waals surface area (Å²) < 4.78 is 0. The van der Waals surface area contributed by atoms with E-state index in [1.54, 1.807) is 60.7 Å². The Hall–Kier alpha value is -3.66. The van der Waals surface area contributed by atoms with Gasteiger partial charge in [-0.2, -0.15) is 0 Å². The van der Waals surface area contributed by atoms with E-state index in [9.17, 15) is 20.4 Å². The molecule has 134 valence electrons. The molecule has 0 atom stereocenters. The minimum Gasteiger partial charge on any atom is -0.508 e. The van der Waals surface area contributed by atoms with E-state index in [1.165, 1.54) is 0 Å². The maximum Gasteiger partial charge on any atom is 0.127 e. The zero-order chi connectivity index (χ0) is 19.0. The number of hydrogen-bond acceptors (Lipinski definition) is 4. The molecular formula is C23H18O4. The van der Waals surface area contributed by atoms with Gasteiger partial charge in [0.1, 0.15) is 23.0 Å². The number of rotatable bonds is 3. The minimum atomic E-state index is 0.105. The van der Waals surface area contributed by atoms with E-state index in [0.717, 1.165) is 16.7 Å². The van der Waals surface area contributed by atoms with Crippen molar-refractivity contribution in [3.8, 4) is 34.1 Å². The number of fused-ring (bicyclic) bond motifs is 1. The molecule has 4 N–H and O–H groups in total. The molecule has 4 rings (SSSR count). The van der Waals surface area contributed by atoms with Crippen LogP contribution in [0.2, 0.25) is 0 Å². The zero-order valence-electron chi connectivity index (χ0n) is 14.4. The van der Waals surface area contributed by atoms with Gasteiger partial charge in [0.05, 0.1) is 0 Å². The molecule has 0 saturated carbocycles. The number of phenolic OH excluding ortho intramolecular Hbond substituents is 4. The lowest BCUT2D eigenvalue weighted by molar-refractivity contribution is 0.464. The first kappa shape index (κ1) is 16.8. The van der Waals surface area contributed by atoms with Crippen molar-refractivity contribution in [3.05, 3.63) is 83.9 Å². The third-order valence-electron chi connectivity index (χ3n) is 4.70. The zero-order valence-corrected chi connectivity index (χ0v) is 14.4. The maximum atomic E-state index is 10.8. The molecule has 0 spiro atoms. The summed E-state index contributed by atoms with van der Waals surface area (Å²) in [5.41, 5.74) is 3.29. The predicted molar refractivity (Wildman–Crippen MR) is 105 cm³/mol. The molecular weight excluding hydrogens is 340 g/mol. The highest BCUT2D eigenvalue weighted by atomic mass is 16.3. The molecule has 0 amide bonds. The van der Waals surface area contributed by atoms with Crippen molar-refractivity contribution in [2.45, 2.75) is 6.42 Å². The molecule has 0 aromatic heterocycles. The Morgan fingerprint density at radius 3 is 1.81 bits per heavy atom. The van der Waals surface area contributed by atoms with Gasteiger partial charge in [-0.15, -0.1) is 0 Å². The predicted octanol–water partition coefficient (Wildman–Crippen LogP) is 4.92. The normalized spacial score (nSPS) is 11.0. The molecule has 4 aromatic carbocycles. The van der Waals surface area contributed by atoms with Gasteiger partial charge in [-0.1, -0.05) is 30.3 Å². The fourth-order valence-electron chi connectivity index (χ4n) is 3.25. The van der Waals surface area contributed by atoms with Crippen LogP contribution in [0.1, 0.15) is 11.1 Å². The fraction of sp³-hybridized carbons (Fsp3) is 0.0435. The Kier molecular flexibility index (Phi) is 4.09. The highest BCUT2D eigenvalue weighted by molar-refractivity contribution is 5.97. The van der Waals surface area contributed by atoms with Crippen LogP contribution < -0.4 is 0 Å². The van der Waals surface area contributed by atoms with Crippen molar-refractivity contribution in [2.24, 2.45) is 0 Å². The summed E-state index contributed by atoms with van der Waals surface area (Å²) in [5.74, 6) is 0.601. The molecule has 4 nitrogen and oxygen atoms in total. The van der Waals surface area contributed by atoms with Crippen molar-refractivity contribution in [2.75, 3.05) is 0 Å². The summed E-state index contributed by atoms with van der Waals surface area (Å²) in [4.78, 5) is 0. The Morgan fingerprint density at radius 2 is 1.15 bits per heavy atom. The van der Waals surface area contributed by atoms with Crippen molar-refractivity contribution >= 4 is 10.8 Å². The Labute approximate surface area is 156 Å². The standard InChI is InChI=1S/C23H18O4/c24-18-6-1-14(2-7-18)11-17-13-22(26)20-10-5-16(12-21(20)23(17)27)15-3-8-19(25)9-4-15/h1-10,12-13,24-27H,11H2. The molecule has 0 aliphatic heterocycles. The monoisotopic (exact) mass is 358 g/mol. The molecule has 0 bridgehead atoms. The van der Waals surface area contributed by atoms with Crippen LogP contribution in [0.25, 0.3) is 21.9 Å².